The molecule has 1 amide bonds. The van der Waals surface area contributed by atoms with E-state index >= 15 is 0 Å². The lowest BCUT2D eigenvalue weighted by Gasteiger charge is -2.08. The first-order valence-corrected chi connectivity index (χ1v) is 10.6. The number of anilines is 1. The number of unbranched alkanes of at least 4 members (excludes halogenated alkanes) is 6. The summed E-state index contributed by atoms with van der Waals surface area (Å²) in [5.41, 5.74) is 9.88. The molecule has 5 nitrogen and oxygen atoms in total. The molecule has 2 aromatic carbocycles. The van der Waals surface area contributed by atoms with E-state index in [1.807, 2.05) is 12.1 Å². The van der Waals surface area contributed by atoms with E-state index in [1.54, 1.807) is 30.3 Å². The van der Waals surface area contributed by atoms with Gasteiger partial charge in [-0.05, 0) is 48.9 Å². The van der Waals surface area contributed by atoms with Crippen molar-refractivity contribution in [3.8, 4) is 5.75 Å². The van der Waals surface area contributed by atoms with Crippen molar-refractivity contribution < 1.29 is 9.53 Å². The Morgan fingerprint density at radius 2 is 1.76 bits per heavy atom. The molecule has 2 rings (SSSR count). The number of amides is 1. The molecular weight excluding hydrogens is 386 g/mol. The van der Waals surface area contributed by atoms with Crippen molar-refractivity contribution in [3.05, 3.63) is 58.6 Å². The first-order valence-electron chi connectivity index (χ1n) is 10.2. The lowest BCUT2D eigenvalue weighted by molar-refractivity contribution is 0.0955. The third-order valence-electron chi connectivity index (χ3n) is 4.53. The minimum absolute atomic E-state index is 0.313. The lowest BCUT2D eigenvalue weighted by atomic mass is 10.1. The first kappa shape index (κ1) is 22.8. The van der Waals surface area contributed by atoms with E-state index in [2.05, 4.69) is 17.5 Å². The summed E-state index contributed by atoms with van der Waals surface area (Å²) in [6, 6.07) is 12.1. The quantitative estimate of drug-likeness (QED) is 0.198. The van der Waals surface area contributed by atoms with Crippen LogP contribution < -0.4 is 15.9 Å². The average Bonchev–Trinajstić information content (AvgIpc) is 2.72. The first-order chi connectivity index (χ1) is 14.1. The number of carbonyl (C=O) groups excluding carboxylic acids is 1. The zero-order valence-electron chi connectivity index (χ0n) is 17.0. The van der Waals surface area contributed by atoms with Gasteiger partial charge in [-0.3, -0.25) is 4.79 Å². The number of nitrogens with zero attached hydrogens (tertiary/aromatic N) is 1. The van der Waals surface area contributed by atoms with E-state index in [0.29, 0.717) is 28.4 Å². The van der Waals surface area contributed by atoms with Gasteiger partial charge in [-0.25, -0.2) is 5.43 Å². The number of hydrogen-bond acceptors (Lipinski definition) is 4. The van der Waals surface area contributed by atoms with Gasteiger partial charge in [0, 0.05) is 16.8 Å². The smallest absolute Gasteiger partial charge is 0.271 e. The molecule has 0 saturated heterocycles. The molecule has 0 heterocycles. The van der Waals surface area contributed by atoms with Gasteiger partial charge in [-0.2, -0.15) is 5.10 Å². The number of halogens is 1. The highest BCUT2D eigenvalue weighted by Gasteiger charge is 2.04. The predicted octanol–water partition coefficient (Wildman–Crippen LogP) is 5.82. The summed E-state index contributed by atoms with van der Waals surface area (Å²) in [7, 11) is 0. The molecule has 0 saturated carbocycles. The molecule has 0 radical (unpaired) electrons. The second-order valence-electron chi connectivity index (χ2n) is 6.97. The Bertz CT molecular complexity index is 791. The summed E-state index contributed by atoms with van der Waals surface area (Å²) in [6.45, 7) is 2.92. The molecule has 0 atom stereocenters. The summed E-state index contributed by atoms with van der Waals surface area (Å²) in [5.74, 6) is 0.427. The Hall–Kier alpha value is -2.53. The van der Waals surface area contributed by atoms with Crippen molar-refractivity contribution >= 4 is 29.4 Å². The number of nitrogens with two attached hydrogens (primary N) is 1. The monoisotopic (exact) mass is 415 g/mol. The van der Waals surface area contributed by atoms with E-state index < -0.39 is 0 Å². The van der Waals surface area contributed by atoms with Crippen LogP contribution in [0, 0.1) is 0 Å². The van der Waals surface area contributed by atoms with Gasteiger partial charge in [0.05, 0.1) is 17.8 Å². The molecule has 156 valence electrons. The molecule has 0 unspecified atom stereocenters. The molecule has 29 heavy (non-hydrogen) atoms. The molecule has 6 heteroatoms. The van der Waals surface area contributed by atoms with E-state index in [1.165, 1.54) is 44.7 Å². The molecule has 0 aliphatic rings. The molecule has 3 N–H and O–H groups in total. The van der Waals surface area contributed by atoms with Crippen molar-refractivity contribution in [2.75, 3.05) is 12.3 Å². The highest BCUT2D eigenvalue weighted by Crippen LogP contribution is 2.22. The average molecular weight is 416 g/mol. The Kier molecular flexibility index (Phi) is 10.1. The van der Waals surface area contributed by atoms with Crippen LogP contribution in [0.3, 0.4) is 0 Å². The van der Waals surface area contributed by atoms with Gasteiger partial charge in [-0.1, -0.05) is 57.0 Å². The minimum Gasteiger partial charge on any atom is -0.494 e. The second kappa shape index (κ2) is 12.8. The van der Waals surface area contributed by atoms with E-state index in [0.717, 1.165) is 12.2 Å². The molecule has 0 aliphatic carbocycles. The minimum atomic E-state index is -0.313. The summed E-state index contributed by atoms with van der Waals surface area (Å²) < 4.78 is 5.77. The Labute approximate surface area is 178 Å². The Morgan fingerprint density at radius 3 is 2.45 bits per heavy atom. The van der Waals surface area contributed by atoms with Crippen molar-refractivity contribution in [1.29, 1.82) is 0 Å². The molecule has 0 fully saturated rings. The maximum absolute atomic E-state index is 12.0. The van der Waals surface area contributed by atoms with Crippen LogP contribution in [0.15, 0.2) is 47.6 Å². The van der Waals surface area contributed by atoms with Crippen molar-refractivity contribution in [3.63, 3.8) is 0 Å². The summed E-state index contributed by atoms with van der Waals surface area (Å²) in [4.78, 5) is 12.0. The van der Waals surface area contributed by atoms with Crippen LogP contribution >= 0.6 is 11.6 Å². The van der Waals surface area contributed by atoms with Gasteiger partial charge in [-0.15, -0.1) is 0 Å². The topological polar surface area (TPSA) is 76.7 Å². The fraction of sp³-hybridized carbons (Fsp3) is 0.391. The van der Waals surface area contributed by atoms with Crippen molar-refractivity contribution in [1.82, 2.24) is 5.43 Å². The third kappa shape index (κ3) is 8.57. The van der Waals surface area contributed by atoms with Gasteiger partial charge < -0.3 is 10.5 Å². The fourth-order valence-corrected chi connectivity index (χ4v) is 3.03. The molecule has 0 spiro atoms. The predicted molar refractivity (Wildman–Crippen MR) is 121 cm³/mol. The second-order valence-corrected chi connectivity index (χ2v) is 7.38. The molecule has 2 aromatic rings. The third-order valence-corrected chi connectivity index (χ3v) is 4.86. The number of hydrogen-bond donors (Lipinski definition) is 2. The van der Waals surface area contributed by atoms with Gasteiger partial charge in [0.25, 0.3) is 5.91 Å². The largest absolute Gasteiger partial charge is 0.494 e. The number of nitrogens with one attached hydrogen (secondary N) is 1. The fourth-order valence-electron chi connectivity index (χ4n) is 2.81. The number of ether oxygens (including phenoxy) is 1. The van der Waals surface area contributed by atoms with Gasteiger partial charge in [0.2, 0.25) is 0 Å². The molecular formula is C23H30ClN3O2. The van der Waals surface area contributed by atoms with Crippen LogP contribution in [0.1, 0.15) is 67.8 Å². The SMILES string of the molecule is CCCCCCCCCOc1ccc(/C=N\NC(=O)c2ccc(N)cc2)c(Cl)c1. The van der Waals surface area contributed by atoms with Crippen molar-refractivity contribution in [2.45, 2.75) is 51.9 Å². The zero-order chi connectivity index (χ0) is 20.9. The van der Waals surface area contributed by atoms with Gasteiger partial charge in [0.1, 0.15) is 5.75 Å². The summed E-state index contributed by atoms with van der Waals surface area (Å²) in [5, 5.41) is 4.49. The van der Waals surface area contributed by atoms with Gasteiger partial charge in [0.15, 0.2) is 0 Å². The number of hydrazone groups is 1. The van der Waals surface area contributed by atoms with Crippen LogP contribution in [0.5, 0.6) is 5.75 Å². The van der Waals surface area contributed by atoms with Crippen LogP contribution in [0.4, 0.5) is 5.69 Å². The highest BCUT2D eigenvalue weighted by molar-refractivity contribution is 6.33. The number of nitrogen functional groups attached to an aromatic ring is 1. The highest BCUT2D eigenvalue weighted by atomic mass is 35.5. The van der Waals surface area contributed by atoms with Crippen LogP contribution in [0.2, 0.25) is 5.02 Å². The molecule has 0 aromatic heterocycles. The van der Waals surface area contributed by atoms with Gasteiger partial charge >= 0.3 is 0 Å². The van der Waals surface area contributed by atoms with E-state index in [9.17, 15) is 4.79 Å². The standard InChI is InChI=1S/C23H30ClN3O2/c1-2-3-4-5-6-7-8-15-29-21-14-11-19(22(24)16-21)17-26-27-23(28)18-9-12-20(25)13-10-18/h9-14,16-17H,2-8,15,25H2,1H3,(H,27,28)/b26-17-. The zero-order valence-corrected chi connectivity index (χ0v) is 17.8. The number of benzene rings is 2. The van der Waals surface area contributed by atoms with Crippen LogP contribution in [-0.2, 0) is 0 Å². The van der Waals surface area contributed by atoms with Crippen LogP contribution in [-0.4, -0.2) is 18.7 Å². The Balaban J connectivity index is 1.73. The Morgan fingerprint density at radius 1 is 1.07 bits per heavy atom. The summed E-state index contributed by atoms with van der Waals surface area (Å²) >= 11 is 6.29. The number of carbonyl (C=O) groups is 1. The van der Waals surface area contributed by atoms with Crippen LogP contribution in [0.25, 0.3) is 0 Å². The molecule has 0 aliphatic heterocycles. The summed E-state index contributed by atoms with van der Waals surface area (Å²) in [6.07, 6.45) is 10.3. The normalized spacial score (nSPS) is 11.0. The maximum Gasteiger partial charge on any atom is 0.271 e. The van der Waals surface area contributed by atoms with Crippen molar-refractivity contribution in [2.24, 2.45) is 5.10 Å². The number of rotatable bonds is 12. The van der Waals surface area contributed by atoms with E-state index in [-0.39, 0.29) is 5.91 Å². The molecule has 0 bridgehead atoms. The maximum atomic E-state index is 12.0. The van der Waals surface area contributed by atoms with E-state index in [4.69, 9.17) is 22.1 Å². The lowest BCUT2D eigenvalue weighted by Crippen LogP contribution is -2.17.